The Hall–Kier alpha value is -1.21. The van der Waals surface area contributed by atoms with Gasteiger partial charge in [-0.3, -0.25) is 10.00 Å². The molecule has 7 heteroatoms. The van der Waals surface area contributed by atoms with Crippen LogP contribution in [0.1, 0.15) is 25.3 Å². The Balaban J connectivity index is 1.42. The number of aromatic nitrogens is 2. The molecule has 1 aromatic heterocycles. The topological polar surface area (TPSA) is 59.4 Å². The fraction of sp³-hybridized carbons (Fsp3) is 0.733. The Morgan fingerprint density at radius 2 is 2.27 bits per heavy atom. The van der Waals surface area contributed by atoms with Gasteiger partial charge in [-0.2, -0.15) is 16.9 Å². The number of amides is 2. The van der Waals surface area contributed by atoms with Crippen molar-refractivity contribution in [3.8, 4) is 0 Å². The van der Waals surface area contributed by atoms with Crippen LogP contribution in [0.3, 0.4) is 0 Å². The second-order valence-corrected chi connectivity index (χ2v) is 7.48. The second-order valence-electron chi connectivity index (χ2n) is 6.33. The van der Waals surface area contributed by atoms with Gasteiger partial charge in [0.05, 0.1) is 19.3 Å². The van der Waals surface area contributed by atoms with Crippen molar-refractivity contribution in [1.82, 2.24) is 14.7 Å². The van der Waals surface area contributed by atoms with Crippen LogP contribution in [0.2, 0.25) is 0 Å². The Morgan fingerprint density at radius 3 is 3.00 bits per heavy atom. The Bertz CT molecular complexity index is 541. The summed E-state index contributed by atoms with van der Waals surface area (Å²) in [5.74, 6) is 3.58. The van der Waals surface area contributed by atoms with Crippen LogP contribution >= 0.6 is 11.8 Å². The average molecular weight is 322 g/mol. The third kappa shape index (κ3) is 2.96. The van der Waals surface area contributed by atoms with Gasteiger partial charge in [-0.15, -0.1) is 0 Å². The summed E-state index contributed by atoms with van der Waals surface area (Å²) in [6.45, 7) is 2.28. The van der Waals surface area contributed by atoms with E-state index >= 15 is 0 Å². The van der Waals surface area contributed by atoms with Crippen LogP contribution in [0.5, 0.6) is 0 Å². The number of anilines is 1. The number of nitrogens with zero attached hydrogens (tertiary/aromatic N) is 3. The van der Waals surface area contributed by atoms with E-state index in [0.717, 1.165) is 24.5 Å². The normalized spacial score (nSPS) is 26.4. The lowest BCUT2D eigenvalue weighted by Crippen LogP contribution is -2.45. The van der Waals surface area contributed by atoms with E-state index in [-0.39, 0.29) is 6.03 Å². The number of nitrogens with one attached hydrogen (secondary N) is 1. The number of hydrogen-bond donors (Lipinski definition) is 1. The molecule has 120 valence electrons. The summed E-state index contributed by atoms with van der Waals surface area (Å²) in [6, 6.07) is 2.60. The lowest BCUT2D eigenvalue weighted by molar-refractivity contribution is -0.0285. The van der Waals surface area contributed by atoms with Gasteiger partial charge in [-0.1, -0.05) is 0 Å². The first-order chi connectivity index (χ1) is 10.8. The summed E-state index contributed by atoms with van der Waals surface area (Å²) >= 11 is 1.98. The molecule has 1 unspecified atom stereocenters. The molecule has 3 fully saturated rings. The summed E-state index contributed by atoms with van der Waals surface area (Å²) in [7, 11) is 0. The second kappa shape index (κ2) is 6.12. The zero-order valence-electron chi connectivity index (χ0n) is 12.6. The third-order valence-corrected chi connectivity index (χ3v) is 5.80. The summed E-state index contributed by atoms with van der Waals surface area (Å²) < 4.78 is 7.06. The molecule has 2 saturated heterocycles. The Labute approximate surface area is 134 Å². The number of hydrogen-bond acceptors (Lipinski definition) is 4. The first-order valence-electron chi connectivity index (χ1n) is 8.09. The zero-order valence-corrected chi connectivity index (χ0v) is 13.4. The minimum Gasteiger partial charge on any atom is -0.377 e. The van der Waals surface area contributed by atoms with Gasteiger partial charge in [0.1, 0.15) is 0 Å². The lowest BCUT2D eigenvalue weighted by Gasteiger charge is -2.29. The molecule has 3 heterocycles. The number of urea groups is 1. The molecule has 6 nitrogen and oxygen atoms in total. The van der Waals surface area contributed by atoms with Crippen molar-refractivity contribution in [2.24, 2.45) is 5.92 Å². The highest BCUT2D eigenvalue weighted by Crippen LogP contribution is 2.38. The number of ether oxygens (including phenoxy) is 1. The van der Waals surface area contributed by atoms with Crippen molar-refractivity contribution in [3.63, 3.8) is 0 Å². The highest BCUT2D eigenvalue weighted by molar-refractivity contribution is 7.99. The minimum absolute atomic E-state index is 0.00881. The molecule has 3 aliphatic rings. The van der Waals surface area contributed by atoms with Gasteiger partial charge in [0.2, 0.25) is 0 Å². The maximum atomic E-state index is 12.7. The number of carbonyl (C=O) groups is 1. The van der Waals surface area contributed by atoms with Crippen LogP contribution in [-0.4, -0.2) is 58.0 Å². The zero-order chi connectivity index (χ0) is 14.9. The van der Waals surface area contributed by atoms with Gasteiger partial charge in [0.15, 0.2) is 5.82 Å². The maximum Gasteiger partial charge on any atom is 0.323 e. The lowest BCUT2D eigenvalue weighted by atomic mass is 10.2. The van der Waals surface area contributed by atoms with Gasteiger partial charge >= 0.3 is 6.03 Å². The molecule has 0 aromatic carbocycles. The molecule has 1 aromatic rings. The van der Waals surface area contributed by atoms with Crippen molar-refractivity contribution in [3.05, 3.63) is 12.3 Å². The maximum absolute atomic E-state index is 12.7. The fourth-order valence-corrected chi connectivity index (χ4v) is 4.28. The van der Waals surface area contributed by atoms with Crippen LogP contribution in [0, 0.1) is 5.92 Å². The van der Waals surface area contributed by atoms with E-state index in [0.29, 0.717) is 37.0 Å². The Kier molecular flexibility index (Phi) is 4.00. The molecule has 2 amide bonds. The van der Waals surface area contributed by atoms with Crippen molar-refractivity contribution in [1.29, 1.82) is 0 Å². The standard InChI is InChI=1S/C15H22N4O2S/c20-15(16-14-4-6-19(17-14)12-8-21-9-12)18-5-1-7-22-10-13(18)11-2-3-11/h4,6,11-13H,1-3,5,7-10H2,(H,16,17,20). The van der Waals surface area contributed by atoms with Crippen LogP contribution in [-0.2, 0) is 4.74 Å². The minimum atomic E-state index is 0.00881. The SMILES string of the molecule is O=C(Nc1ccn(C2COC2)n1)N1CCCSCC1C1CC1. The smallest absolute Gasteiger partial charge is 0.323 e. The summed E-state index contributed by atoms with van der Waals surface area (Å²) in [5.41, 5.74) is 0. The molecular formula is C15H22N4O2S. The van der Waals surface area contributed by atoms with E-state index < -0.39 is 0 Å². The largest absolute Gasteiger partial charge is 0.377 e. The predicted molar refractivity (Wildman–Crippen MR) is 86.3 cm³/mol. The number of carbonyl (C=O) groups excluding carboxylic acids is 1. The van der Waals surface area contributed by atoms with E-state index in [2.05, 4.69) is 10.4 Å². The van der Waals surface area contributed by atoms with Crippen LogP contribution in [0.15, 0.2) is 12.3 Å². The summed E-state index contributed by atoms with van der Waals surface area (Å²) in [4.78, 5) is 14.7. The Morgan fingerprint density at radius 1 is 1.41 bits per heavy atom. The van der Waals surface area contributed by atoms with Crippen LogP contribution in [0.4, 0.5) is 10.6 Å². The van der Waals surface area contributed by atoms with Crippen molar-refractivity contribution >= 4 is 23.6 Å². The molecule has 22 heavy (non-hydrogen) atoms. The summed E-state index contributed by atoms with van der Waals surface area (Å²) in [6.07, 6.45) is 5.53. The molecule has 1 atom stereocenters. The van der Waals surface area contributed by atoms with Gasteiger partial charge < -0.3 is 9.64 Å². The molecule has 1 aliphatic carbocycles. The third-order valence-electron chi connectivity index (χ3n) is 4.64. The first kappa shape index (κ1) is 14.4. The predicted octanol–water partition coefficient (Wildman–Crippen LogP) is 2.20. The molecule has 0 radical (unpaired) electrons. The van der Waals surface area contributed by atoms with E-state index in [1.807, 2.05) is 33.6 Å². The fourth-order valence-electron chi connectivity index (χ4n) is 3.09. The van der Waals surface area contributed by atoms with E-state index in [1.165, 1.54) is 12.8 Å². The molecule has 0 bridgehead atoms. The monoisotopic (exact) mass is 322 g/mol. The molecular weight excluding hydrogens is 300 g/mol. The molecule has 2 aliphatic heterocycles. The van der Waals surface area contributed by atoms with Crippen LogP contribution in [0.25, 0.3) is 0 Å². The molecule has 0 spiro atoms. The van der Waals surface area contributed by atoms with E-state index in [9.17, 15) is 4.79 Å². The average Bonchev–Trinajstić information content (AvgIpc) is 3.22. The quantitative estimate of drug-likeness (QED) is 0.927. The molecule has 4 rings (SSSR count). The van der Waals surface area contributed by atoms with Gasteiger partial charge in [-0.25, -0.2) is 4.79 Å². The highest BCUT2D eigenvalue weighted by atomic mass is 32.2. The van der Waals surface area contributed by atoms with Crippen molar-refractivity contribution in [2.45, 2.75) is 31.3 Å². The van der Waals surface area contributed by atoms with E-state index in [4.69, 9.17) is 4.74 Å². The highest BCUT2D eigenvalue weighted by Gasteiger charge is 2.38. The van der Waals surface area contributed by atoms with Gasteiger partial charge in [-0.05, 0) is 30.9 Å². The first-order valence-corrected chi connectivity index (χ1v) is 9.25. The number of thioether (sulfide) groups is 1. The molecule has 1 saturated carbocycles. The van der Waals surface area contributed by atoms with Gasteiger partial charge in [0.25, 0.3) is 0 Å². The summed E-state index contributed by atoms with van der Waals surface area (Å²) in [5, 5.41) is 7.43. The van der Waals surface area contributed by atoms with E-state index in [1.54, 1.807) is 0 Å². The number of rotatable bonds is 3. The molecule has 1 N–H and O–H groups in total. The van der Waals surface area contributed by atoms with Gasteiger partial charge in [0, 0.05) is 30.6 Å². The van der Waals surface area contributed by atoms with Crippen molar-refractivity contribution < 1.29 is 9.53 Å². The van der Waals surface area contributed by atoms with Crippen LogP contribution < -0.4 is 5.32 Å². The van der Waals surface area contributed by atoms with Crippen molar-refractivity contribution in [2.75, 3.05) is 36.6 Å².